The molecule has 0 bridgehead atoms. The number of rotatable bonds is 5. The number of nitrogens with zero attached hydrogens (tertiary/aromatic N) is 1. The molecule has 2 fully saturated rings. The first kappa shape index (κ1) is 18.6. The fraction of sp³-hybridized carbons (Fsp3) is 0.625. The minimum Gasteiger partial charge on any atom is -0.494 e. The Morgan fingerprint density at radius 2 is 1.95 bits per heavy atom. The zero-order valence-corrected chi connectivity index (χ0v) is 14.2. The van der Waals surface area contributed by atoms with E-state index < -0.39 is 0 Å². The summed E-state index contributed by atoms with van der Waals surface area (Å²) in [6.45, 7) is 7.36. The van der Waals surface area contributed by atoms with Gasteiger partial charge in [0, 0.05) is 32.2 Å². The molecule has 5 heteroatoms. The Balaban J connectivity index is 0.00000110. The normalized spacial score (nSPS) is 20.0. The van der Waals surface area contributed by atoms with E-state index in [0.29, 0.717) is 6.04 Å². The third kappa shape index (κ3) is 4.75. The lowest BCUT2D eigenvalue weighted by Gasteiger charge is -2.35. The Morgan fingerprint density at radius 3 is 2.57 bits per heavy atom. The molecule has 1 heterocycles. The zero-order valence-electron chi connectivity index (χ0n) is 12.6. The molecule has 0 radical (unpaired) electrons. The van der Waals surface area contributed by atoms with Crippen molar-refractivity contribution in [2.45, 2.75) is 25.8 Å². The van der Waals surface area contributed by atoms with Crippen LogP contribution in [0.2, 0.25) is 0 Å². The van der Waals surface area contributed by atoms with Crippen molar-refractivity contribution in [1.29, 1.82) is 0 Å². The molecule has 120 valence electrons. The van der Waals surface area contributed by atoms with Gasteiger partial charge in [0.15, 0.2) is 0 Å². The van der Waals surface area contributed by atoms with Gasteiger partial charge in [-0.3, -0.25) is 4.90 Å². The van der Waals surface area contributed by atoms with E-state index in [9.17, 15) is 0 Å². The molecule has 1 aromatic carbocycles. The van der Waals surface area contributed by atoms with Crippen LogP contribution in [0.1, 0.15) is 31.4 Å². The van der Waals surface area contributed by atoms with E-state index in [1.54, 1.807) is 0 Å². The summed E-state index contributed by atoms with van der Waals surface area (Å²) < 4.78 is 5.65. The third-order valence-electron chi connectivity index (χ3n) is 4.12. The minimum atomic E-state index is 0. The van der Waals surface area contributed by atoms with E-state index in [1.165, 1.54) is 31.5 Å². The molecule has 1 N–H and O–H groups in total. The van der Waals surface area contributed by atoms with Crippen molar-refractivity contribution >= 4 is 24.8 Å². The van der Waals surface area contributed by atoms with Crippen molar-refractivity contribution < 1.29 is 4.74 Å². The van der Waals surface area contributed by atoms with Crippen molar-refractivity contribution in [3.05, 3.63) is 29.8 Å². The van der Waals surface area contributed by atoms with Crippen molar-refractivity contribution in [2.24, 2.45) is 5.92 Å². The van der Waals surface area contributed by atoms with Gasteiger partial charge >= 0.3 is 0 Å². The fourth-order valence-corrected chi connectivity index (χ4v) is 3.11. The molecule has 21 heavy (non-hydrogen) atoms. The van der Waals surface area contributed by atoms with Crippen LogP contribution in [0, 0.1) is 5.92 Å². The van der Waals surface area contributed by atoms with Crippen LogP contribution >= 0.6 is 24.8 Å². The smallest absolute Gasteiger partial charge is 0.119 e. The maximum absolute atomic E-state index is 5.65. The summed E-state index contributed by atoms with van der Waals surface area (Å²) in [6, 6.07) is 9.32. The second kappa shape index (κ2) is 8.84. The number of halogens is 2. The SMILES string of the molecule is CCOc1cccc([C@@H](C2CC2)N2CCNCC2)c1.Cl.Cl. The molecule has 1 aliphatic carbocycles. The monoisotopic (exact) mass is 332 g/mol. The summed E-state index contributed by atoms with van der Waals surface area (Å²) in [5.41, 5.74) is 1.44. The van der Waals surface area contributed by atoms with Gasteiger partial charge in [0.25, 0.3) is 0 Å². The third-order valence-corrected chi connectivity index (χ3v) is 4.12. The highest BCUT2D eigenvalue weighted by molar-refractivity contribution is 5.85. The molecular weight excluding hydrogens is 307 g/mol. The average molecular weight is 333 g/mol. The molecule has 0 amide bonds. The second-order valence-corrected chi connectivity index (χ2v) is 5.57. The van der Waals surface area contributed by atoms with Gasteiger partial charge in [0.2, 0.25) is 0 Å². The molecule has 1 saturated heterocycles. The van der Waals surface area contributed by atoms with E-state index in [-0.39, 0.29) is 24.8 Å². The Bertz CT molecular complexity index is 420. The quantitative estimate of drug-likeness (QED) is 0.895. The van der Waals surface area contributed by atoms with E-state index in [0.717, 1.165) is 31.4 Å². The highest BCUT2D eigenvalue weighted by Crippen LogP contribution is 2.45. The van der Waals surface area contributed by atoms with Gasteiger partial charge < -0.3 is 10.1 Å². The number of piperazine rings is 1. The molecule has 0 spiro atoms. The number of hydrogen-bond acceptors (Lipinski definition) is 3. The molecule has 2 aliphatic rings. The van der Waals surface area contributed by atoms with Crippen LogP contribution in [-0.4, -0.2) is 37.7 Å². The molecular formula is C16H26Cl2N2O. The van der Waals surface area contributed by atoms with Gasteiger partial charge in [-0.1, -0.05) is 12.1 Å². The zero-order chi connectivity index (χ0) is 13.1. The lowest BCUT2D eigenvalue weighted by molar-refractivity contribution is 0.156. The highest BCUT2D eigenvalue weighted by Gasteiger charge is 2.36. The Morgan fingerprint density at radius 1 is 1.24 bits per heavy atom. The molecule has 1 atom stereocenters. The number of nitrogens with one attached hydrogen (secondary N) is 1. The first-order chi connectivity index (χ1) is 9.38. The molecule has 1 aliphatic heterocycles. The summed E-state index contributed by atoms with van der Waals surface area (Å²) >= 11 is 0. The van der Waals surface area contributed by atoms with Crippen molar-refractivity contribution in [1.82, 2.24) is 10.2 Å². The van der Waals surface area contributed by atoms with Crippen LogP contribution in [0.25, 0.3) is 0 Å². The summed E-state index contributed by atoms with van der Waals surface area (Å²) in [7, 11) is 0. The first-order valence-electron chi connectivity index (χ1n) is 7.56. The van der Waals surface area contributed by atoms with Crippen LogP contribution in [0.3, 0.4) is 0 Å². The van der Waals surface area contributed by atoms with Gasteiger partial charge in [0.1, 0.15) is 5.75 Å². The van der Waals surface area contributed by atoms with Crippen LogP contribution in [0.5, 0.6) is 5.75 Å². The molecule has 1 saturated carbocycles. The van der Waals surface area contributed by atoms with Crippen LogP contribution < -0.4 is 10.1 Å². The molecule has 3 rings (SSSR count). The van der Waals surface area contributed by atoms with Crippen molar-refractivity contribution in [3.63, 3.8) is 0 Å². The summed E-state index contributed by atoms with van der Waals surface area (Å²) in [5, 5.41) is 3.45. The highest BCUT2D eigenvalue weighted by atomic mass is 35.5. The predicted molar refractivity (Wildman–Crippen MR) is 92.0 cm³/mol. The maximum atomic E-state index is 5.65. The summed E-state index contributed by atoms with van der Waals surface area (Å²) in [4.78, 5) is 2.65. The van der Waals surface area contributed by atoms with E-state index in [1.807, 2.05) is 6.92 Å². The largest absolute Gasteiger partial charge is 0.494 e. The Kier molecular flexibility index (Phi) is 7.82. The van der Waals surface area contributed by atoms with Crippen molar-refractivity contribution in [3.8, 4) is 5.75 Å². The van der Waals surface area contributed by atoms with Gasteiger partial charge in [-0.2, -0.15) is 0 Å². The van der Waals surface area contributed by atoms with Gasteiger partial charge in [-0.05, 0) is 43.4 Å². The number of benzene rings is 1. The molecule has 3 nitrogen and oxygen atoms in total. The van der Waals surface area contributed by atoms with E-state index in [2.05, 4.69) is 34.5 Å². The molecule has 1 aromatic rings. The Labute approximate surface area is 140 Å². The minimum absolute atomic E-state index is 0. The molecule has 0 aromatic heterocycles. The van der Waals surface area contributed by atoms with Crippen LogP contribution in [0.4, 0.5) is 0 Å². The van der Waals surface area contributed by atoms with Crippen LogP contribution in [-0.2, 0) is 0 Å². The van der Waals surface area contributed by atoms with Gasteiger partial charge in [-0.15, -0.1) is 24.8 Å². The van der Waals surface area contributed by atoms with E-state index in [4.69, 9.17) is 4.74 Å². The fourth-order valence-electron chi connectivity index (χ4n) is 3.11. The predicted octanol–water partition coefficient (Wildman–Crippen LogP) is 3.29. The van der Waals surface area contributed by atoms with Gasteiger partial charge in [0.05, 0.1) is 6.61 Å². The van der Waals surface area contributed by atoms with Gasteiger partial charge in [-0.25, -0.2) is 0 Å². The summed E-state index contributed by atoms with van der Waals surface area (Å²) in [5.74, 6) is 1.87. The summed E-state index contributed by atoms with van der Waals surface area (Å²) in [6.07, 6.45) is 2.76. The second-order valence-electron chi connectivity index (χ2n) is 5.57. The lowest BCUT2D eigenvalue weighted by Crippen LogP contribution is -2.45. The average Bonchev–Trinajstić information content (AvgIpc) is 3.26. The standard InChI is InChI=1S/C16H24N2O.2ClH/c1-2-19-15-5-3-4-14(12-15)16(13-6-7-13)18-10-8-17-9-11-18;;/h3-5,12-13,16-17H,2,6-11H2,1H3;2*1H/t16-;;/m1../s1. The maximum Gasteiger partial charge on any atom is 0.119 e. The van der Waals surface area contributed by atoms with Crippen molar-refractivity contribution in [2.75, 3.05) is 32.8 Å². The van der Waals surface area contributed by atoms with Crippen LogP contribution in [0.15, 0.2) is 24.3 Å². The Hall–Kier alpha value is -0.480. The number of hydrogen-bond donors (Lipinski definition) is 1. The molecule has 0 unspecified atom stereocenters. The lowest BCUT2D eigenvalue weighted by atomic mass is 9.99. The topological polar surface area (TPSA) is 24.5 Å². The number of ether oxygens (including phenoxy) is 1. The van der Waals surface area contributed by atoms with E-state index >= 15 is 0 Å². The first-order valence-corrected chi connectivity index (χ1v) is 7.56.